The van der Waals surface area contributed by atoms with Crippen LogP contribution in [0.3, 0.4) is 0 Å². The number of carbonyl (C=O) groups is 2. The Kier molecular flexibility index (Phi) is 11.8. The summed E-state index contributed by atoms with van der Waals surface area (Å²) < 4.78 is 17.4. The van der Waals surface area contributed by atoms with E-state index in [0.717, 1.165) is 65.6 Å². The molecule has 6 rings (SSSR count). The fourth-order valence-corrected chi connectivity index (χ4v) is 7.21. The van der Waals surface area contributed by atoms with Crippen LogP contribution in [-0.4, -0.2) is 37.3 Å². The number of carbonyl (C=O) groups excluding carboxylic acids is 2. The van der Waals surface area contributed by atoms with E-state index in [4.69, 9.17) is 25.8 Å². The van der Waals surface area contributed by atoms with Crippen LogP contribution in [0.5, 0.6) is 11.5 Å². The second-order valence-corrected chi connectivity index (χ2v) is 14.1. The van der Waals surface area contributed by atoms with E-state index < -0.39 is 0 Å². The van der Waals surface area contributed by atoms with E-state index in [1.165, 1.54) is 0 Å². The van der Waals surface area contributed by atoms with Gasteiger partial charge in [-0.15, -0.1) is 0 Å². The SMILES string of the molecule is CC[C@@H](C)Oc1cc2c(cc1OC)CC(=O)N(c1ccc(C(C)N[C@H]3CC[C@H](NC(=O)OCc4ccccc4)CC3)cc1)C2c1ccc(Cl)cc1. The summed E-state index contributed by atoms with van der Waals surface area (Å²) in [6, 6.07) is 29.9. The number of halogens is 1. The molecular weight excluding hydrogens is 662 g/mol. The Labute approximate surface area is 306 Å². The van der Waals surface area contributed by atoms with E-state index in [9.17, 15) is 9.59 Å². The molecule has 2 amide bonds. The topological polar surface area (TPSA) is 89.1 Å². The van der Waals surface area contributed by atoms with Crippen molar-refractivity contribution in [2.45, 2.75) is 96.2 Å². The van der Waals surface area contributed by atoms with Crippen LogP contribution in [0.25, 0.3) is 0 Å². The largest absolute Gasteiger partial charge is 0.493 e. The van der Waals surface area contributed by atoms with Crippen molar-refractivity contribution in [3.63, 3.8) is 0 Å². The number of alkyl carbamates (subject to hydrolysis) is 1. The van der Waals surface area contributed by atoms with Crippen molar-refractivity contribution in [2.24, 2.45) is 0 Å². The third-order valence-corrected chi connectivity index (χ3v) is 10.3. The number of hydrogen-bond acceptors (Lipinski definition) is 6. The molecular formula is C42H48ClN3O5. The molecule has 9 heteroatoms. The van der Waals surface area contributed by atoms with Gasteiger partial charge in [-0.25, -0.2) is 4.79 Å². The third-order valence-electron chi connectivity index (χ3n) is 10.1. The van der Waals surface area contributed by atoms with Gasteiger partial charge in [0.25, 0.3) is 0 Å². The molecule has 3 atom stereocenters. The smallest absolute Gasteiger partial charge is 0.407 e. The van der Waals surface area contributed by atoms with Crippen LogP contribution in [0.2, 0.25) is 5.02 Å². The van der Waals surface area contributed by atoms with E-state index in [0.29, 0.717) is 22.6 Å². The molecule has 0 spiro atoms. The number of nitrogens with zero attached hydrogens (tertiary/aromatic N) is 1. The predicted octanol–water partition coefficient (Wildman–Crippen LogP) is 9.09. The lowest BCUT2D eigenvalue weighted by atomic mass is 9.86. The maximum absolute atomic E-state index is 14.0. The number of hydrogen-bond donors (Lipinski definition) is 2. The maximum atomic E-state index is 14.0. The van der Waals surface area contributed by atoms with Gasteiger partial charge in [-0.1, -0.05) is 73.1 Å². The van der Waals surface area contributed by atoms with Crippen LogP contribution in [0.4, 0.5) is 10.5 Å². The molecule has 1 aliphatic heterocycles. The lowest BCUT2D eigenvalue weighted by molar-refractivity contribution is -0.118. The number of ether oxygens (including phenoxy) is 3. The highest BCUT2D eigenvalue weighted by molar-refractivity contribution is 6.30. The Bertz CT molecular complexity index is 1780. The van der Waals surface area contributed by atoms with Gasteiger partial charge >= 0.3 is 6.09 Å². The normalized spacial score (nSPS) is 19.8. The van der Waals surface area contributed by atoms with Gasteiger partial charge in [-0.3, -0.25) is 4.79 Å². The molecule has 2 unspecified atom stereocenters. The summed E-state index contributed by atoms with van der Waals surface area (Å²) in [5.74, 6) is 1.30. The number of methoxy groups -OCH3 is 1. The molecule has 0 bridgehead atoms. The Morgan fingerprint density at radius 1 is 0.902 bits per heavy atom. The summed E-state index contributed by atoms with van der Waals surface area (Å²) in [4.78, 5) is 28.2. The summed E-state index contributed by atoms with van der Waals surface area (Å²) in [5.41, 5.74) is 5.83. The minimum atomic E-state index is -0.371. The summed E-state index contributed by atoms with van der Waals surface area (Å²) in [6.07, 6.45) is 4.47. The highest BCUT2D eigenvalue weighted by Crippen LogP contribution is 2.44. The molecule has 1 fully saturated rings. The standard InChI is InChI=1S/C42H48ClN3O5/c1-5-27(2)51-39-25-37-32(23-38(39)49-4)24-40(47)46(41(37)31-11-15-33(43)16-12-31)36-21-13-30(14-22-36)28(3)44-34-17-19-35(20-18-34)45-42(48)50-26-29-9-7-6-8-10-29/h6-16,21-23,25,27-28,34-35,41,44H,5,17-20,24,26H2,1-4H3,(H,45,48)/t27-,28?,34-,35-,41?/m1/s1. The van der Waals surface area contributed by atoms with E-state index in [1.807, 2.05) is 90.7 Å². The third kappa shape index (κ3) is 8.86. The van der Waals surface area contributed by atoms with Crippen LogP contribution in [0.15, 0.2) is 91.0 Å². The Balaban J connectivity index is 1.13. The first-order chi connectivity index (χ1) is 24.7. The summed E-state index contributed by atoms with van der Waals surface area (Å²) >= 11 is 6.30. The fraction of sp³-hybridized carbons (Fsp3) is 0.381. The first kappa shape index (κ1) is 36.3. The number of anilines is 1. The van der Waals surface area contributed by atoms with E-state index in [2.05, 4.69) is 36.6 Å². The van der Waals surface area contributed by atoms with Gasteiger partial charge in [0, 0.05) is 28.8 Å². The van der Waals surface area contributed by atoms with Gasteiger partial charge in [-0.2, -0.15) is 0 Å². The predicted molar refractivity (Wildman–Crippen MR) is 202 cm³/mol. The molecule has 0 saturated heterocycles. The molecule has 1 saturated carbocycles. The van der Waals surface area contributed by atoms with Crippen molar-refractivity contribution < 1.29 is 23.8 Å². The maximum Gasteiger partial charge on any atom is 0.407 e. The molecule has 4 aromatic carbocycles. The zero-order valence-corrected chi connectivity index (χ0v) is 30.6. The van der Waals surface area contributed by atoms with Crippen molar-refractivity contribution >= 4 is 29.3 Å². The first-order valence-corrected chi connectivity index (χ1v) is 18.4. The van der Waals surface area contributed by atoms with Gasteiger partial charge in [0.1, 0.15) is 6.61 Å². The van der Waals surface area contributed by atoms with Gasteiger partial charge in [0.05, 0.1) is 25.7 Å². The van der Waals surface area contributed by atoms with E-state index in [-0.39, 0.29) is 49.3 Å². The molecule has 8 nitrogen and oxygen atoms in total. The molecule has 1 aliphatic carbocycles. The van der Waals surface area contributed by atoms with Crippen molar-refractivity contribution in [3.05, 3.63) is 124 Å². The number of nitrogens with one attached hydrogen (secondary N) is 2. The molecule has 0 aromatic heterocycles. The summed E-state index contributed by atoms with van der Waals surface area (Å²) in [6.45, 7) is 6.57. The number of fused-ring (bicyclic) bond motifs is 1. The van der Waals surface area contributed by atoms with E-state index >= 15 is 0 Å². The van der Waals surface area contributed by atoms with E-state index in [1.54, 1.807) is 7.11 Å². The monoisotopic (exact) mass is 709 g/mol. The van der Waals surface area contributed by atoms with Gasteiger partial charge in [0.15, 0.2) is 11.5 Å². The van der Waals surface area contributed by atoms with Crippen molar-refractivity contribution in [3.8, 4) is 11.5 Å². The van der Waals surface area contributed by atoms with Crippen LogP contribution in [0, 0.1) is 0 Å². The van der Waals surface area contributed by atoms with Crippen LogP contribution in [0.1, 0.15) is 92.8 Å². The summed E-state index contributed by atoms with van der Waals surface area (Å²) in [5, 5.41) is 7.47. The molecule has 268 valence electrons. The number of rotatable bonds is 12. The van der Waals surface area contributed by atoms with Gasteiger partial charge < -0.3 is 29.7 Å². The lowest BCUT2D eigenvalue weighted by Crippen LogP contribution is -2.43. The molecule has 51 heavy (non-hydrogen) atoms. The van der Waals surface area contributed by atoms with Crippen molar-refractivity contribution in [1.29, 1.82) is 0 Å². The summed E-state index contributed by atoms with van der Waals surface area (Å²) in [7, 11) is 1.63. The highest BCUT2D eigenvalue weighted by Gasteiger charge is 2.36. The van der Waals surface area contributed by atoms with Crippen LogP contribution in [-0.2, 0) is 22.6 Å². The average Bonchev–Trinajstić information content (AvgIpc) is 3.15. The average molecular weight is 710 g/mol. The quantitative estimate of drug-likeness (QED) is 0.153. The molecule has 0 radical (unpaired) electrons. The Morgan fingerprint density at radius 2 is 1.59 bits per heavy atom. The van der Waals surface area contributed by atoms with Crippen LogP contribution < -0.4 is 25.0 Å². The molecule has 4 aromatic rings. The zero-order chi connectivity index (χ0) is 35.9. The first-order valence-electron chi connectivity index (χ1n) is 18.0. The Hall–Kier alpha value is -4.53. The van der Waals surface area contributed by atoms with Crippen molar-refractivity contribution in [2.75, 3.05) is 12.0 Å². The fourth-order valence-electron chi connectivity index (χ4n) is 7.08. The number of benzene rings is 4. The van der Waals surface area contributed by atoms with Gasteiger partial charge in [0.2, 0.25) is 5.91 Å². The van der Waals surface area contributed by atoms with Gasteiger partial charge in [-0.05, 0) is 110 Å². The lowest BCUT2D eigenvalue weighted by Gasteiger charge is -2.38. The minimum Gasteiger partial charge on any atom is -0.493 e. The van der Waals surface area contributed by atoms with Crippen LogP contribution >= 0.6 is 11.6 Å². The Morgan fingerprint density at radius 3 is 2.25 bits per heavy atom. The zero-order valence-electron chi connectivity index (χ0n) is 29.9. The minimum absolute atomic E-state index is 0.00772. The number of amides is 2. The molecule has 1 heterocycles. The second-order valence-electron chi connectivity index (χ2n) is 13.7. The second kappa shape index (κ2) is 16.7. The molecule has 2 N–H and O–H groups in total. The van der Waals surface area contributed by atoms with Crippen molar-refractivity contribution in [1.82, 2.24) is 10.6 Å². The molecule has 2 aliphatic rings. The highest BCUT2D eigenvalue weighted by atomic mass is 35.5.